The maximum absolute atomic E-state index is 12.4. The number of hydrogen-bond donors (Lipinski definition) is 0. The molecule has 2 amide bonds. The van der Waals surface area contributed by atoms with Crippen molar-refractivity contribution in [2.45, 2.75) is 44.1 Å². The van der Waals surface area contributed by atoms with Gasteiger partial charge in [0, 0.05) is 38.0 Å². The van der Waals surface area contributed by atoms with Crippen molar-refractivity contribution in [3.63, 3.8) is 0 Å². The molecule has 0 bridgehead atoms. The van der Waals surface area contributed by atoms with Gasteiger partial charge in [0.1, 0.15) is 0 Å². The molecule has 0 aromatic rings. The molecule has 3 rings (SSSR count). The van der Waals surface area contributed by atoms with Gasteiger partial charge in [-0.3, -0.25) is 9.59 Å². The summed E-state index contributed by atoms with van der Waals surface area (Å²) in [6, 6.07) is 0. The van der Waals surface area contributed by atoms with E-state index in [-0.39, 0.29) is 17.4 Å². The number of rotatable bonds is 1. The fourth-order valence-corrected chi connectivity index (χ4v) is 3.75. The minimum atomic E-state index is 0.0434. The fourth-order valence-electron chi connectivity index (χ4n) is 3.75. The first-order chi connectivity index (χ1) is 9.12. The van der Waals surface area contributed by atoms with Crippen LogP contribution in [0, 0.1) is 5.92 Å². The third-order valence-electron chi connectivity index (χ3n) is 5.25. The summed E-state index contributed by atoms with van der Waals surface area (Å²) in [6.45, 7) is 1.62. The van der Waals surface area contributed by atoms with Gasteiger partial charge in [-0.15, -0.1) is 0 Å². The highest BCUT2D eigenvalue weighted by Gasteiger charge is 2.45. The number of hydrogen-bond acceptors (Lipinski definition) is 2. The standard InChI is InChI=1S/C15H22N2O2/c1-16-13(18)6-7-15(16)8-10-17(11-9-15)14(19)12-4-2-3-5-12/h2-3,12H,4-11H2,1H3. The van der Waals surface area contributed by atoms with Crippen molar-refractivity contribution >= 4 is 11.8 Å². The van der Waals surface area contributed by atoms with Gasteiger partial charge in [-0.1, -0.05) is 12.2 Å². The minimum absolute atomic E-state index is 0.0434. The van der Waals surface area contributed by atoms with Gasteiger partial charge < -0.3 is 9.80 Å². The molecule has 2 heterocycles. The Morgan fingerprint density at radius 3 is 2.37 bits per heavy atom. The van der Waals surface area contributed by atoms with E-state index in [1.54, 1.807) is 0 Å². The van der Waals surface area contributed by atoms with Crippen LogP contribution in [0.25, 0.3) is 0 Å². The lowest BCUT2D eigenvalue weighted by Crippen LogP contribution is -2.53. The van der Waals surface area contributed by atoms with E-state index in [1.165, 1.54) is 0 Å². The number of piperidine rings is 1. The molecule has 0 aromatic carbocycles. The highest BCUT2D eigenvalue weighted by atomic mass is 16.2. The van der Waals surface area contributed by atoms with Crippen LogP contribution in [0.5, 0.6) is 0 Å². The summed E-state index contributed by atoms with van der Waals surface area (Å²) in [4.78, 5) is 28.0. The predicted octanol–water partition coefficient (Wildman–Crippen LogP) is 1.57. The van der Waals surface area contributed by atoms with Crippen molar-refractivity contribution in [3.05, 3.63) is 12.2 Å². The van der Waals surface area contributed by atoms with E-state index in [0.717, 1.165) is 45.2 Å². The van der Waals surface area contributed by atoms with Crippen molar-refractivity contribution < 1.29 is 9.59 Å². The first kappa shape index (κ1) is 12.7. The quantitative estimate of drug-likeness (QED) is 0.673. The lowest BCUT2D eigenvalue weighted by atomic mass is 9.85. The Balaban J connectivity index is 1.60. The monoisotopic (exact) mass is 262 g/mol. The number of allylic oxidation sites excluding steroid dienone is 2. The van der Waals surface area contributed by atoms with E-state index in [1.807, 2.05) is 16.8 Å². The van der Waals surface area contributed by atoms with Crippen LogP contribution in [0.2, 0.25) is 0 Å². The summed E-state index contributed by atoms with van der Waals surface area (Å²) in [5, 5.41) is 0. The summed E-state index contributed by atoms with van der Waals surface area (Å²) < 4.78 is 0. The Hall–Kier alpha value is -1.32. The van der Waals surface area contributed by atoms with Crippen LogP contribution in [0.15, 0.2) is 12.2 Å². The molecule has 104 valence electrons. The molecule has 0 radical (unpaired) electrons. The number of carbonyl (C=O) groups is 2. The summed E-state index contributed by atoms with van der Waals surface area (Å²) in [5.41, 5.74) is 0.0434. The van der Waals surface area contributed by atoms with Crippen molar-refractivity contribution in [3.8, 4) is 0 Å². The van der Waals surface area contributed by atoms with Crippen LogP contribution >= 0.6 is 0 Å². The van der Waals surface area contributed by atoms with Crippen molar-refractivity contribution in [1.82, 2.24) is 9.80 Å². The van der Waals surface area contributed by atoms with Gasteiger partial charge in [0.25, 0.3) is 0 Å². The second kappa shape index (κ2) is 4.66. The SMILES string of the molecule is CN1C(=O)CCC12CCN(C(=O)C1CC=CC1)CC2. The van der Waals surface area contributed by atoms with E-state index in [0.29, 0.717) is 12.3 Å². The molecule has 2 fully saturated rings. The molecule has 0 atom stereocenters. The second-order valence-electron chi connectivity index (χ2n) is 6.14. The lowest BCUT2D eigenvalue weighted by molar-refractivity contribution is -0.138. The van der Waals surface area contributed by atoms with E-state index >= 15 is 0 Å². The zero-order chi connectivity index (χ0) is 13.5. The molecular formula is C15H22N2O2. The number of carbonyl (C=O) groups excluding carboxylic acids is 2. The maximum atomic E-state index is 12.4. The Bertz CT molecular complexity index is 414. The Labute approximate surface area is 114 Å². The van der Waals surface area contributed by atoms with Crippen molar-refractivity contribution in [2.75, 3.05) is 20.1 Å². The van der Waals surface area contributed by atoms with Crippen LogP contribution in [0.3, 0.4) is 0 Å². The molecule has 19 heavy (non-hydrogen) atoms. The molecule has 2 saturated heterocycles. The van der Waals surface area contributed by atoms with Crippen molar-refractivity contribution in [1.29, 1.82) is 0 Å². The molecule has 4 nitrogen and oxygen atoms in total. The fraction of sp³-hybridized carbons (Fsp3) is 0.733. The van der Waals surface area contributed by atoms with E-state index in [4.69, 9.17) is 0 Å². The summed E-state index contributed by atoms with van der Waals surface area (Å²) in [6.07, 6.45) is 9.56. The van der Waals surface area contributed by atoms with Gasteiger partial charge in [0.15, 0.2) is 0 Å². The average molecular weight is 262 g/mol. The van der Waals surface area contributed by atoms with Gasteiger partial charge >= 0.3 is 0 Å². The van der Waals surface area contributed by atoms with E-state index in [9.17, 15) is 9.59 Å². The number of amides is 2. The van der Waals surface area contributed by atoms with Gasteiger partial charge in [-0.2, -0.15) is 0 Å². The molecule has 3 aliphatic rings. The molecule has 0 aromatic heterocycles. The minimum Gasteiger partial charge on any atom is -0.342 e. The highest BCUT2D eigenvalue weighted by Crippen LogP contribution is 2.38. The molecular weight excluding hydrogens is 240 g/mol. The smallest absolute Gasteiger partial charge is 0.226 e. The third-order valence-corrected chi connectivity index (χ3v) is 5.25. The Morgan fingerprint density at radius 2 is 1.84 bits per heavy atom. The van der Waals surface area contributed by atoms with Gasteiger partial charge in [0.2, 0.25) is 11.8 Å². The van der Waals surface area contributed by atoms with Gasteiger partial charge in [-0.05, 0) is 32.1 Å². The average Bonchev–Trinajstić information content (AvgIpc) is 3.05. The molecule has 0 saturated carbocycles. The Morgan fingerprint density at radius 1 is 1.21 bits per heavy atom. The normalized spacial score (nSPS) is 26.7. The first-order valence-electron chi connectivity index (χ1n) is 7.33. The zero-order valence-electron chi connectivity index (χ0n) is 11.6. The van der Waals surface area contributed by atoms with Gasteiger partial charge in [-0.25, -0.2) is 0 Å². The van der Waals surface area contributed by atoms with Crippen LogP contribution < -0.4 is 0 Å². The lowest BCUT2D eigenvalue weighted by Gasteiger charge is -2.44. The summed E-state index contributed by atoms with van der Waals surface area (Å²) >= 11 is 0. The second-order valence-corrected chi connectivity index (χ2v) is 6.14. The topological polar surface area (TPSA) is 40.6 Å². The van der Waals surface area contributed by atoms with Crippen LogP contribution in [-0.4, -0.2) is 47.3 Å². The number of nitrogens with zero attached hydrogens (tertiary/aromatic N) is 2. The largest absolute Gasteiger partial charge is 0.342 e. The number of likely N-dealkylation sites (tertiary alicyclic amines) is 2. The zero-order valence-corrected chi connectivity index (χ0v) is 11.6. The predicted molar refractivity (Wildman–Crippen MR) is 72.4 cm³/mol. The first-order valence-corrected chi connectivity index (χ1v) is 7.33. The van der Waals surface area contributed by atoms with E-state index < -0.39 is 0 Å². The molecule has 1 aliphatic carbocycles. The molecule has 1 spiro atoms. The van der Waals surface area contributed by atoms with Crippen LogP contribution in [0.1, 0.15) is 38.5 Å². The molecule has 0 N–H and O–H groups in total. The summed E-state index contributed by atoms with van der Waals surface area (Å²) in [5.74, 6) is 0.753. The highest BCUT2D eigenvalue weighted by molar-refractivity contribution is 5.81. The van der Waals surface area contributed by atoms with Crippen LogP contribution in [0.4, 0.5) is 0 Å². The molecule has 0 unspecified atom stereocenters. The maximum Gasteiger partial charge on any atom is 0.226 e. The Kier molecular flexibility index (Phi) is 3.11. The molecule has 2 aliphatic heterocycles. The van der Waals surface area contributed by atoms with E-state index in [2.05, 4.69) is 12.2 Å². The molecule has 4 heteroatoms. The van der Waals surface area contributed by atoms with Crippen LogP contribution in [-0.2, 0) is 9.59 Å². The third kappa shape index (κ3) is 2.07. The van der Waals surface area contributed by atoms with Gasteiger partial charge in [0.05, 0.1) is 0 Å². The van der Waals surface area contributed by atoms with Crippen molar-refractivity contribution in [2.24, 2.45) is 5.92 Å². The summed E-state index contributed by atoms with van der Waals surface area (Å²) in [7, 11) is 1.92.